The summed E-state index contributed by atoms with van der Waals surface area (Å²) >= 11 is 11.8. The third kappa shape index (κ3) is 7.03. The van der Waals surface area contributed by atoms with Crippen LogP contribution in [0.4, 0.5) is 5.69 Å². The number of carbonyl (C=O) groups is 4. The molecule has 11 heteroatoms. The molecule has 0 fully saturated rings. The Morgan fingerprint density at radius 2 is 1.69 bits per heavy atom. The Kier molecular flexibility index (Phi) is 8.59. The average molecular weight is 446 g/mol. The molecule has 2 N–H and O–H groups in total. The van der Waals surface area contributed by atoms with Gasteiger partial charge in [0.05, 0.1) is 24.9 Å². The second kappa shape index (κ2) is 10.2. The van der Waals surface area contributed by atoms with Crippen molar-refractivity contribution < 1.29 is 28.7 Å². The predicted octanol–water partition coefficient (Wildman–Crippen LogP) is 2.21. The van der Waals surface area contributed by atoms with Crippen molar-refractivity contribution in [3.05, 3.63) is 28.2 Å². The molecular formula is C18H21Cl2N3O6. The number of ether oxygens (including phenoxy) is 2. The second-order valence-electron chi connectivity index (χ2n) is 6.75. The highest BCUT2D eigenvalue weighted by molar-refractivity contribution is 6.56. The van der Waals surface area contributed by atoms with E-state index < -0.39 is 40.8 Å². The molecule has 0 saturated carbocycles. The van der Waals surface area contributed by atoms with Crippen LogP contribution in [0, 0.1) is 5.92 Å². The number of hydrogen-bond acceptors (Lipinski definition) is 8. The van der Waals surface area contributed by atoms with Gasteiger partial charge in [-0.15, -0.1) is 0 Å². The summed E-state index contributed by atoms with van der Waals surface area (Å²) in [4.78, 5) is 49.6. The number of benzene rings is 1. The van der Waals surface area contributed by atoms with Crippen molar-refractivity contribution in [3.8, 4) is 0 Å². The van der Waals surface area contributed by atoms with Gasteiger partial charge in [0.15, 0.2) is 11.6 Å². The first-order valence-electron chi connectivity index (χ1n) is 8.22. The van der Waals surface area contributed by atoms with E-state index in [1.54, 1.807) is 20.8 Å². The highest BCUT2D eigenvalue weighted by atomic mass is 35.5. The number of methoxy groups -OCH3 is 2. The van der Waals surface area contributed by atoms with Gasteiger partial charge in [-0.2, -0.15) is 5.10 Å². The largest absolute Gasteiger partial charge is 0.468 e. The number of Topliss-reactive ketones (excluding diaryl/α,β-unsaturated/α-hetero) is 1. The van der Waals surface area contributed by atoms with E-state index in [9.17, 15) is 19.2 Å². The number of carbonyl (C=O) groups excluding carboxylic acids is 4. The number of hydrazone groups is 1. The molecule has 158 valence electrons. The minimum Gasteiger partial charge on any atom is -0.468 e. The van der Waals surface area contributed by atoms with Crippen LogP contribution in [0.25, 0.3) is 0 Å². The number of hydrogen-bond donors (Lipinski definition) is 2. The Hall–Kier alpha value is -2.65. The highest BCUT2D eigenvalue weighted by Gasteiger charge is 2.41. The van der Waals surface area contributed by atoms with Gasteiger partial charge in [0.2, 0.25) is 5.78 Å². The van der Waals surface area contributed by atoms with Gasteiger partial charge in [0.25, 0.3) is 5.91 Å². The van der Waals surface area contributed by atoms with Crippen LogP contribution >= 0.6 is 23.2 Å². The van der Waals surface area contributed by atoms with Gasteiger partial charge < -0.3 is 20.2 Å². The lowest BCUT2D eigenvalue weighted by Gasteiger charge is -2.20. The third-order valence-corrected chi connectivity index (χ3v) is 3.84. The summed E-state index contributed by atoms with van der Waals surface area (Å²) in [6.07, 6.45) is 0. The number of anilines is 1. The maximum absolute atomic E-state index is 12.7. The van der Waals surface area contributed by atoms with Gasteiger partial charge in [-0.25, -0.2) is 4.79 Å². The second-order valence-corrected chi connectivity index (χ2v) is 7.59. The number of nitrogens with zero attached hydrogens (tertiary/aromatic N) is 1. The summed E-state index contributed by atoms with van der Waals surface area (Å²) < 4.78 is 9.18. The highest BCUT2D eigenvalue weighted by Crippen LogP contribution is 2.25. The van der Waals surface area contributed by atoms with E-state index >= 15 is 0 Å². The molecule has 1 aromatic rings. The first kappa shape index (κ1) is 24.4. The van der Waals surface area contributed by atoms with Crippen LogP contribution in [0.15, 0.2) is 23.3 Å². The molecule has 0 aromatic heterocycles. The summed E-state index contributed by atoms with van der Waals surface area (Å²) in [5.74, 6) is -6.73. The predicted molar refractivity (Wildman–Crippen MR) is 108 cm³/mol. The van der Waals surface area contributed by atoms with Crippen LogP contribution in [0.3, 0.4) is 0 Å². The molecule has 0 radical (unpaired) electrons. The fourth-order valence-corrected chi connectivity index (χ4v) is 2.27. The Morgan fingerprint density at radius 3 is 2.21 bits per heavy atom. The zero-order chi connectivity index (χ0) is 22.4. The van der Waals surface area contributed by atoms with Crippen molar-refractivity contribution in [3.63, 3.8) is 0 Å². The minimum absolute atomic E-state index is 0.0468. The molecule has 29 heavy (non-hydrogen) atoms. The Balaban J connectivity index is 3.31. The van der Waals surface area contributed by atoms with Crippen LogP contribution in [0.2, 0.25) is 10.0 Å². The average Bonchev–Trinajstić information content (AvgIpc) is 2.65. The fraction of sp³-hybridized carbons (Fsp3) is 0.389. The Labute approximate surface area is 177 Å². The van der Waals surface area contributed by atoms with Crippen LogP contribution in [-0.2, 0) is 28.7 Å². The first-order chi connectivity index (χ1) is 13.4. The van der Waals surface area contributed by atoms with Crippen molar-refractivity contribution in [2.45, 2.75) is 26.3 Å². The lowest BCUT2D eigenvalue weighted by atomic mass is 9.97. The smallest absolute Gasteiger partial charge is 0.355 e. The third-order valence-electron chi connectivity index (χ3n) is 3.28. The number of nitrogens with one attached hydrogen (secondary N) is 2. The standard InChI is InChI=1S/C18H21Cl2N3O6/c1-18(2,3)23-22-13(17(27)29-5)12(16(26)28-4)14(24)15(25)21-11-8-9(19)6-7-10(11)20/h6-8,12,23H,1-5H3,(H,21,25). The van der Waals surface area contributed by atoms with E-state index in [1.807, 2.05) is 0 Å². The number of amides is 1. The molecule has 1 rings (SSSR count). The Bertz CT molecular complexity index is 848. The van der Waals surface area contributed by atoms with Crippen LogP contribution in [-0.4, -0.2) is 49.1 Å². The molecule has 0 aliphatic heterocycles. The molecule has 9 nitrogen and oxygen atoms in total. The van der Waals surface area contributed by atoms with Crippen molar-refractivity contribution in [1.82, 2.24) is 5.43 Å². The van der Waals surface area contributed by atoms with Crippen LogP contribution < -0.4 is 10.7 Å². The lowest BCUT2D eigenvalue weighted by molar-refractivity contribution is -0.150. The molecule has 1 amide bonds. The fourth-order valence-electron chi connectivity index (χ4n) is 1.93. The van der Waals surface area contributed by atoms with Crippen molar-refractivity contribution in [1.29, 1.82) is 0 Å². The molecule has 0 spiro atoms. The summed E-state index contributed by atoms with van der Waals surface area (Å²) in [6.45, 7) is 5.19. The normalized spacial score (nSPS) is 12.6. The van der Waals surface area contributed by atoms with Gasteiger partial charge in [0, 0.05) is 10.6 Å². The van der Waals surface area contributed by atoms with Gasteiger partial charge in [-0.1, -0.05) is 23.2 Å². The molecule has 0 aliphatic carbocycles. The summed E-state index contributed by atoms with van der Waals surface area (Å²) in [6, 6.07) is 4.22. The van der Waals surface area contributed by atoms with E-state index in [-0.39, 0.29) is 15.7 Å². The monoisotopic (exact) mass is 445 g/mol. The summed E-state index contributed by atoms with van der Waals surface area (Å²) in [5.41, 5.74) is 1.42. The number of ketones is 1. The van der Waals surface area contributed by atoms with E-state index in [4.69, 9.17) is 23.2 Å². The molecule has 0 heterocycles. The van der Waals surface area contributed by atoms with E-state index in [0.29, 0.717) is 0 Å². The van der Waals surface area contributed by atoms with E-state index in [1.165, 1.54) is 18.2 Å². The number of rotatable bonds is 7. The van der Waals surface area contributed by atoms with Gasteiger partial charge >= 0.3 is 11.9 Å². The molecule has 1 unspecified atom stereocenters. The summed E-state index contributed by atoms with van der Waals surface area (Å²) in [5, 5.41) is 6.44. The number of esters is 2. The van der Waals surface area contributed by atoms with Crippen LogP contribution in [0.1, 0.15) is 20.8 Å². The van der Waals surface area contributed by atoms with Gasteiger partial charge in [-0.3, -0.25) is 14.4 Å². The number of halogens is 2. The Morgan fingerprint density at radius 1 is 1.07 bits per heavy atom. The molecule has 0 saturated heterocycles. The lowest BCUT2D eigenvalue weighted by Crippen LogP contribution is -2.45. The molecule has 0 aliphatic rings. The maximum atomic E-state index is 12.7. The van der Waals surface area contributed by atoms with Gasteiger partial charge in [-0.05, 0) is 39.0 Å². The molecule has 1 atom stereocenters. The quantitative estimate of drug-likeness (QED) is 0.216. The maximum Gasteiger partial charge on any atom is 0.355 e. The topological polar surface area (TPSA) is 123 Å². The van der Waals surface area contributed by atoms with Crippen LogP contribution in [0.5, 0.6) is 0 Å². The van der Waals surface area contributed by atoms with Crippen molar-refractivity contribution in [2.24, 2.45) is 11.0 Å². The molecule has 1 aromatic carbocycles. The SMILES string of the molecule is COC(=O)C(=NNC(C)(C)C)C(C(=O)OC)C(=O)C(=O)Nc1cc(Cl)ccc1Cl. The van der Waals surface area contributed by atoms with Crippen molar-refractivity contribution in [2.75, 3.05) is 19.5 Å². The summed E-state index contributed by atoms with van der Waals surface area (Å²) in [7, 11) is 2.04. The molecular weight excluding hydrogens is 425 g/mol. The zero-order valence-corrected chi connectivity index (χ0v) is 18.0. The first-order valence-corrected chi connectivity index (χ1v) is 8.98. The van der Waals surface area contributed by atoms with E-state index in [2.05, 4.69) is 25.3 Å². The van der Waals surface area contributed by atoms with Gasteiger partial charge in [0.1, 0.15) is 0 Å². The zero-order valence-electron chi connectivity index (χ0n) is 16.5. The van der Waals surface area contributed by atoms with Crippen molar-refractivity contribution >= 4 is 58.2 Å². The minimum atomic E-state index is -1.96. The van der Waals surface area contributed by atoms with E-state index in [0.717, 1.165) is 14.2 Å². The molecule has 0 bridgehead atoms.